The van der Waals surface area contributed by atoms with Gasteiger partial charge in [-0.2, -0.15) is 0 Å². The smallest absolute Gasteiger partial charge is 0.329 e. The van der Waals surface area contributed by atoms with Crippen molar-refractivity contribution in [2.24, 2.45) is 4.99 Å². The number of rotatable bonds is 1. The summed E-state index contributed by atoms with van der Waals surface area (Å²) in [5, 5.41) is 0. The Labute approximate surface area is 125 Å². The number of hydrogen-bond donors (Lipinski definition) is 0. The van der Waals surface area contributed by atoms with E-state index < -0.39 is 5.60 Å². The third kappa shape index (κ3) is 2.46. The highest BCUT2D eigenvalue weighted by molar-refractivity contribution is 5.96. The van der Waals surface area contributed by atoms with Gasteiger partial charge < -0.3 is 9.64 Å². The van der Waals surface area contributed by atoms with Gasteiger partial charge in [0.25, 0.3) is 0 Å². The highest BCUT2D eigenvalue weighted by Gasteiger charge is 2.39. The molecule has 0 amide bonds. The summed E-state index contributed by atoms with van der Waals surface area (Å²) in [6.45, 7) is 7.66. The van der Waals surface area contributed by atoms with Crippen LogP contribution in [0.15, 0.2) is 35.1 Å². The van der Waals surface area contributed by atoms with E-state index in [1.54, 1.807) is 6.20 Å². The van der Waals surface area contributed by atoms with E-state index in [4.69, 9.17) is 4.74 Å². The lowest BCUT2D eigenvalue weighted by molar-refractivity contribution is -0.156. The minimum Gasteiger partial charge on any atom is -0.458 e. The summed E-state index contributed by atoms with van der Waals surface area (Å²) >= 11 is 0. The molecular weight excluding hydrogens is 264 g/mol. The van der Waals surface area contributed by atoms with E-state index in [2.05, 4.69) is 16.0 Å². The largest absolute Gasteiger partial charge is 0.458 e. The average Bonchev–Trinajstić information content (AvgIpc) is 2.68. The van der Waals surface area contributed by atoms with Crippen LogP contribution in [0.5, 0.6) is 0 Å². The second-order valence-corrected chi connectivity index (χ2v) is 6.53. The molecule has 0 bridgehead atoms. The summed E-state index contributed by atoms with van der Waals surface area (Å²) < 4.78 is 5.59. The number of aliphatic imine (C=N–C) groups is 1. The van der Waals surface area contributed by atoms with Crippen LogP contribution in [0, 0.1) is 0 Å². The third-order valence-electron chi connectivity index (χ3n) is 3.65. The van der Waals surface area contributed by atoms with Crippen molar-refractivity contribution in [3.8, 4) is 0 Å². The Morgan fingerprint density at radius 3 is 2.86 bits per heavy atom. The lowest BCUT2D eigenvalue weighted by atomic mass is 10.1. The molecule has 0 aliphatic carbocycles. The lowest BCUT2D eigenvalue weighted by Crippen LogP contribution is -2.41. The molecule has 0 N–H and O–H groups in total. The number of anilines is 1. The first-order valence-corrected chi connectivity index (χ1v) is 7.21. The van der Waals surface area contributed by atoms with Gasteiger partial charge in [0.15, 0.2) is 0 Å². The summed E-state index contributed by atoms with van der Waals surface area (Å²) in [5.74, 6) is -0.181. The van der Waals surface area contributed by atoms with Gasteiger partial charge in [-0.05, 0) is 33.3 Å². The summed E-state index contributed by atoms with van der Waals surface area (Å²) in [7, 11) is 0. The molecule has 2 aliphatic rings. The Bertz CT molecular complexity index is 653. The van der Waals surface area contributed by atoms with Gasteiger partial charge in [0, 0.05) is 30.1 Å². The van der Waals surface area contributed by atoms with Crippen molar-refractivity contribution in [1.82, 2.24) is 0 Å². The molecule has 0 saturated heterocycles. The first kappa shape index (κ1) is 13.9. The van der Waals surface area contributed by atoms with Gasteiger partial charge in [-0.25, -0.2) is 4.79 Å². The molecule has 0 radical (unpaired) electrons. The van der Waals surface area contributed by atoms with Gasteiger partial charge in [0.05, 0.1) is 5.69 Å². The van der Waals surface area contributed by atoms with Crippen LogP contribution in [-0.4, -0.2) is 23.8 Å². The number of esters is 1. The molecule has 0 saturated carbocycles. The Balaban J connectivity index is 2.01. The Kier molecular flexibility index (Phi) is 3.12. The van der Waals surface area contributed by atoms with E-state index in [1.165, 1.54) is 5.56 Å². The normalized spacial score (nSPS) is 19.9. The first-order chi connectivity index (χ1) is 9.87. The fourth-order valence-electron chi connectivity index (χ4n) is 2.90. The number of carbonyl (C=O) groups excluding carboxylic acids is 1. The van der Waals surface area contributed by atoms with Crippen LogP contribution >= 0.6 is 0 Å². The highest BCUT2D eigenvalue weighted by atomic mass is 16.6. The zero-order chi connectivity index (χ0) is 15.2. The molecule has 1 aromatic carbocycles. The van der Waals surface area contributed by atoms with Crippen molar-refractivity contribution < 1.29 is 9.53 Å². The van der Waals surface area contributed by atoms with E-state index in [0.29, 0.717) is 6.42 Å². The molecule has 1 aromatic rings. The maximum absolute atomic E-state index is 12.6. The molecule has 4 heteroatoms. The van der Waals surface area contributed by atoms with Crippen LogP contribution in [0.2, 0.25) is 0 Å². The molecule has 21 heavy (non-hydrogen) atoms. The Morgan fingerprint density at radius 1 is 1.38 bits per heavy atom. The van der Waals surface area contributed by atoms with Crippen molar-refractivity contribution in [3.05, 3.63) is 41.2 Å². The van der Waals surface area contributed by atoms with Crippen molar-refractivity contribution >= 4 is 17.9 Å². The maximum Gasteiger partial charge on any atom is 0.329 e. The zero-order valence-corrected chi connectivity index (χ0v) is 12.9. The molecule has 110 valence electrons. The molecule has 4 nitrogen and oxygen atoms in total. The number of ether oxygens (including phenoxy) is 1. The summed E-state index contributed by atoms with van der Waals surface area (Å²) in [5.41, 5.74) is 3.79. The monoisotopic (exact) mass is 284 g/mol. The Morgan fingerprint density at radius 2 is 2.14 bits per heavy atom. The quantitative estimate of drug-likeness (QED) is 0.744. The molecule has 0 spiro atoms. The van der Waals surface area contributed by atoms with Crippen molar-refractivity contribution in [2.75, 3.05) is 4.90 Å². The second kappa shape index (κ2) is 4.72. The van der Waals surface area contributed by atoms with Crippen molar-refractivity contribution in [1.29, 1.82) is 0 Å². The van der Waals surface area contributed by atoms with Gasteiger partial charge >= 0.3 is 5.97 Å². The predicted octanol–water partition coefficient (Wildman–Crippen LogP) is 3.05. The number of benzene rings is 1. The summed E-state index contributed by atoms with van der Waals surface area (Å²) in [6.07, 6.45) is 4.32. The Hall–Kier alpha value is -2.10. The van der Waals surface area contributed by atoms with Crippen LogP contribution in [-0.2, 0) is 16.0 Å². The number of para-hydroxylation sites is 1. The number of nitrogens with zero attached hydrogens (tertiary/aromatic N) is 2. The minimum atomic E-state index is -0.478. The molecular formula is C17H20N2O2. The van der Waals surface area contributed by atoms with Gasteiger partial charge in [-0.1, -0.05) is 18.2 Å². The van der Waals surface area contributed by atoms with Gasteiger partial charge in [-0.3, -0.25) is 4.99 Å². The van der Waals surface area contributed by atoms with E-state index in [0.717, 1.165) is 16.9 Å². The van der Waals surface area contributed by atoms with Crippen molar-refractivity contribution in [3.63, 3.8) is 0 Å². The first-order valence-electron chi connectivity index (χ1n) is 7.21. The van der Waals surface area contributed by atoms with E-state index in [-0.39, 0.29) is 12.0 Å². The number of carbonyl (C=O) groups is 1. The van der Waals surface area contributed by atoms with Crippen LogP contribution < -0.4 is 4.90 Å². The van der Waals surface area contributed by atoms with Crippen molar-refractivity contribution in [2.45, 2.75) is 45.8 Å². The van der Waals surface area contributed by atoms with Crippen LogP contribution in [0.3, 0.4) is 0 Å². The lowest BCUT2D eigenvalue weighted by Gasteiger charge is -2.29. The van der Waals surface area contributed by atoms with Gasteiger partial charge in [0.2, 0.25) is 0 Å². The fourth-order valence-corrected chi connectivity index (χ4v) is 2.90. The molecule has 3 rings (SSSR count). The molecule has 0 fully saturated rings. The number of hydrogen-bond acceptors (Lipinski definition) is 4. The molecule has 2 heterocycles. The summed E-state index contributed by atoms with van der Waals surface area (Å²) in [6, 6.07) is 5.80. The molecule has 1 unspecified atom stereocenters. The third-order valence-corrected chi connectivity index (χ3v) is 3.65. The van der Waals surface area contributed by atoms with Crippen LogP contribution in [0.25, 0.3) is 0 Å². The standard InChI is InChI=1S/C17H20N2O2/c1-11-9-18-10-13-7-5-6-12-8-14(19(11)15(12)13)16(20)21-17(2,3)4/h5-7,9-10,14H,8H2,1-4H3. The molecule has 1 atom stereocenters. The van der Waals surface area contributed by atoms with Crippen LogP contribution in [0.4, 0.5) is 5.69 Å². The minimum absolute atomic E-state index is 0.181. The maximum atomic E-state index is 12.6. The zero-order valence-electron chi connectivity index (χ0n) is 12.9. The van der Waals surface area contributed by atoms with E-state index >= 15 is 0 Å². The predicted molar refractivity (Wildman–Crippen MR) is 83.6 cm³/mol. The second-order valence-electron chi connectivity index (χ2n) is 6.53. The molecule has 2 aliphatic heterocycles. The van der Waals surface area contributed by atoms with E-state index in [9.17, 15) is 4.79 Å². The average molecular weight is 284 g/mol. The topological polar surface area (TPSA) is 41.9 Å². The van der Waals surface area contributed by atoms with Gasteiger partial charge in [-0.15, -0.1) is 0 Å². The number of allylic oxidation sites excluding steroid dienone is 1. The SMILES string of the molecule is CC1=CN=Cc2cccc3c2N1C(C(=O)OC(C)(C)C)C3. The molecule has 0 aromatic heterocycles. The fraction of sp³-hybridized carbons (Fsp3) is 0.412. The van der Waals surface area contributed by atoms with Crippen LogP contribution in [0.1, 0.15) is 38.8 Å². The van der Waals surface area contributed by atoms with Gasteiger partial charge in [0.1, 0.15) is 11.6 Å². The van der Waals surface area contributed by atoms with E-state index in [1.807, 2.05) is 46.0 Å². The summed E-state index contributed by atoms with van der Waals surface area (Å²) in [4.78, 5) is 18.9. The highest BCUT2D eigenvalue weighted by Crippen LogP contribution is 2.39.